The number of hydrazine groups is 1. The van der Waals surface area contributed by atoms with E-state index in [-0.39, 0.29) is 30.0 Å². The van der Waals surface area contributed by atoms with Crippen molar-refractivity contribution >= 4 is 17.7 Å². The van der Waals surface area contributed by atoms with Crippen molar-refractivity contribution < 1.29 is 17.9 Å². The van der Waals surface area contributed by atoms with Crippen LogP contribution in [0.3, 0.4) is 0 Å². The van der Waals surface area contributed by atoms with Crippen molar-refractivity contribution in [3.8, 4) is 0 Å². The molecular weight excluding hydrogens is 257 g/mol. The van der Waals surface area contributed by atoms with E-state index in [0.29, 0.717) is 13.2 Å². The van der Waals surface area contributed by atoms with Gasteiger partial charge in [-0.25, -0.2) is 5.84 Å². The smallest absolute Gasteiger partial charge is 0.385 e. The zero-order valence-electron chi connectivity index (χ0n) is 9.51. The zero-order valence-corrected chi connectivity index (χ0v) is 10.3. The van der Waals surface area contributed by atoms with E-state index in [0.717, 1.165) is 6.42 Å². The molecule has 0 radical (unpaired) electrons. The Morgan fingerprint density at radius 1 is 1.47 bits per heavy atom. The summed E-state index contributed by atoms with van der Waals surface area (Å²) in [5.74, 6) is 5.34. The molecule has 0 saturated heterocycles. The molecule has 17 heavy (non-hydrogen) atoms. The number of rotatable bonds is 7. The minimum atomic E-state index is -4.20. The predicted molar refractivity (Wildman–Crippen MR) is 62.6 cm³/mol. The number of nitrogens with one attached hydrogen (secondary N) is 2. The van der Waals surface area contributed by atoms with Gasteiger partial charge in [0.2, 0.25) is 5.96 Å². The van der Waals surface area contributed by atoms with Gasteiger partial charge in [-0.1, -0.05) is 0 Å². The van der Waals surface area contributed by atoms with Gasteiger partial charge in [0.1, 0.15) is 0 Å². The lowest BCUT2D eigenvalue weighted by molar-refractivity contribution is -0.0327. The molecule has 0 fully saturated rings. The molecule has 0 aromatic rings. The van der Waals surface area contributed by atoms with Gasteiger partial charge in [-0.15, -0.1) is 0 Å². The number of hydrogen-bond donors (Lipinski definition) is 3. The van der Waals surface area contributed by atoms with Gasteiger partial charge in [0.15, 0.2) is 0 Å². The molecule has 4 N–H and O–H groups in total. The monoisotopic (exact) mass is 274 g/mol. The minimum Gasteiger partial charge on any atom is -0.385 e. The largest absolute Gasteiger partial charge is 0.441 e. The number of alkyl halides is 3. The van der Waals surface area contributed by atoms with Crippen LogP contribution in [-0.2, 0) is 4.74 Å². The van der Waals surface area contributed by atoms with Crippen LogP contribution in [0.15, 0.2) is 4.99 Å². The van der Waals surface area contributed by atoms with Gasteiger partial charge in [-0.05, 0) is 18.2 Å². The van der Waals surface area contributed by atoms with Crippen LogP contribution in [0.2, 0.25) is 0 Å². The quantitative estimate of drug-likeness (QED) is 0.209. The summed E-state index contributed by atoms with van der Waals surface area (Å²) >= 11 is -0.0881. The van der Waals surface area contributed by atoms with Crippen molar-refractivity contribution in [2.75, 3.05) is 32.6 Å². The first kappa shape index (κ1) is 16.3. The van der Waals surface area contributed by atoms with E-state index in [1.807, 2.05) is 0 Å². The molecule has 0 aliphatic heterocycles. The highest BCUT2D eigenvalue weighted by Crippen LogP contribution is 2.29. The molecule has 0 unspecified atom stereocenters. The van der Waals surface area contributed by atoms with Gasteiger partial charge in [0.25, 0.3) is 0 Å². The van der Waals surface area contributed by atoms with Crippen molar-refractivity contribution in [1.29, 1.82) is 0 Å². The highest BCUT2D eigenvalue weighted by atomic mass is 32.2. The van der Waals surface area contributed by atoms with Crippen LogP contribution in [0, 0.1) is 0 Å². The summed E-state index contributed by atoms with van der Waals surface area (Å²) in [4.78, 5) is 4.01. The first-order chi connectivity index (χ1) is 7.99. The Hall–Kier alpha value is -0.670. The summed E-state index contributed by atoms with van der Waals surface area (Å²) in [5.41, 5.74) is -1.92. The summed E-state index contributed by atoms with van der Waals surface area (Å²) < 4.78 is 40.2. The van der Waals surface area contributed by atoms with Gasteiger partial charge < -0.3 is 10.1 Å². The van der Waals surface area contributed by atoms with Gasteiger partial charge >= 0.3 is 5.51 Å². The number of guanidine groups is 1. The van der Waals surface area contributed by atoms with Crippen molar-refractivity contribution in [2.24, 2.45) is 10.8 Å². The Balaban J connectivity index is 3.67. The van der Waals surface area contributed by atoms with E-state index in [2.05, 4.69) is 15.7 Å². The van der Waals surface area contributed by atoms with E-state index in [1.54, 1.807) is 7.11 Å². The van der Waals surface area contributed by atoms with Crippen molar-refractivity contribution in [1.82, 2.24) is 10.7 Å². The number of thioether (sulfide) groups is 1. The molecule has 0 aliphatic carbocycles. The van der Waals surface area contributed by atoms with Crippen LogP contribution in [0.25, 0.3) is 0 Å². The standard InChI is InChI=1S/C8H17F3N4OS/c1-16-5-2-3-13-7(15-12)14-4-6-17-8(9,10)11/h2-6,12H2,1H3,(H2,13,14,15). The second-order valence-corrected chi connectivity index (χ2v) is 4.10. The highest BCUT2D eigenvalue weighted by Gasteiger charge is 2.27. The molecule has 0 atom stereocenters. The number of ether oxygens (including phenoxy) is 1. The molecule has 102 valence electrons. The third-order valence-corrected chi connectivity index (χ3v) is 2.31. The summed E-state index contributed by atoms with van der Waals surface area (Å²) in [6, 6.07) is 0. The second kappa shape index (κ2) is 9.37. The van der Waals surface area contributed by atoms with E-state index < -0.39 is 5.51 Å². The zero-order chi connectivity index (χ0) is 13.1. The molecule has 0 amide bonds. The number of hydrogen-bond acceptors (Lipinski definition) is 4. The van der Waals surface area contributed by atoms with E-state index in [4.69, 9.17) is 10.6 Å². The number of aliphatic imine (C=N–C) groups is 1. The van der Waals surface area contributed by atoms with Gasteiger partial charge in [0, 0.05) is 32.6 Å². The molecule has 0 bridgehead atoms. The normalized spacial score (nSPS) is 12.6. The van der Waals surface area contributed by atoms with Crippen LogP contribution in [0.1, 0.15) is 6.42 Å². The summed E-state index contributed by atoms with van der Waals surface area (Å²) in [5, 5.41) is 2.67. The maximum absolute atomic E-state index is 11.8. The van der Waals surface area contributed by atoms with Gasteiger partial charge in [-0.2, -0.15) is 13.2 Å². The van der Waals surface area contributed by atoms with Crippen LogP contribution in [0.4, 0.5) is 13.2 Å². The fourth-order valence-electron chi connectivity index (χ4n) is 0.889. The second-order valence-electron chi connectivity index (χ2n) is 2.94. The average Bonchev–Trinajstić information content (AvgIpc) is 2.25. The first-order valence-corrected chi connectivity index (χ1v) is 5.92. The third kappa shape index (κ3) is 11.6. The lowest BCUT2D eigenvalue weighted by Gasteiger charge is -2.09. The van der Waals surface area contributed by atoms with Crippen molar-refractivity contribution in [3.63, 3.8) is 0 Å². The predicted octanol–water partition coefficient (Wildman–Crippen LogP) is 0.685. The highest BCUT2D eigenvalue weighted by molar-refractivity contribution is 8.00. The third-order valence-electron chi connectivity index (χ3n) is 1.57. The van der Waals surface area contributed by atoms with Crippen LogP contribution >= 0.6 is 11.8 Å². The summed E-state index contributed by atoms with van der Waals surface area (Å²) in [6.45, 7) is 1.20. The molecule has 0 rings (SSSR count). The van der Waals surface area contributed by atoms with Crippen molar-refractivity contribution in [2.45, 2.75) is 11.9 Å². The summed E-state index contributed by atoms with van der Waals surface area (Å²) in [7, 11) is 1.58. The molecule has 0 saturated carbocycles. The molecule has 5 nitrogen and oxygen atoms in total. The number of halogens is 3. The molecule has 9 heteroatoms. The maximum Gasteiger partial charge on any atom is 0.441 e. The van der Waals surface area contributed by atoms with E-state index >= 15 is 0 Å². The number of nitrogens with two attached hydrogens (primary N) is 1. The van der Waals surface area contributed by atoms with Crippen LogP contribution < -0.4 is 16.6 Å². The molecule has 0 spiro atoms. The SMILES string of the molecule is COCCCN=C(NN)NCCSC(F)(F)F. The number of methoxy groups -OCH3 is 1. The number of nitrogens with zero attached hydrogens (tertiary/aromatic N) is 1. The molecule has 0 heterocycles. The lowest BCUT2D eigenvalue weighted by Crippen LogP contribution is -2.42. The Bertz CT molecular complexity index is 225. The minimum absolute atomic E-state index is 0.0881. The van der Waals surface area contributed by atoms with Crippen LogP contribution in [0.5, 0.6) is 0 Å². The van der Waals surface area contributed by atoms with Crippen molar-refractivity contribution in [3.05, 3.63) is 0 Å². The Morgan fingerprint density at radius 3 is 2.71 bits per heavy atom. The van der Waals surface area contributed by atoms with Crippen LogP contribution in [-0.4, -0.2) is 44.0 Å². The molecule has 0 aromatic carbocycles. The van der Waals surface area contributed by atoms with E-state index in [9.17, 15) is 13.2 Å². The van der Waals surface area contributed by atoms with Gasteiger partial charge in [0.05, 0.1) is 0 Å². The lowest BCUT2D eigenvalue weighted by atomic mass is 10.5. The van der Waals surface area contributed by atoms with Gasteiger partial charge in [-0.3, -0.25) is 10.4 Å². The Kier molecular flexibility index (Phi) is 9.00. The molecule has 0 aromatic heterocycles. The van der Waals surface area contributed by atoms with E-state index in [1.165, 1.54) is 0 Å². The topological polar surface area (TPSA) is 71.7 Å². The summed E-state index contributed by atoms with van der Waals surface area (Å²) in [6.07, 6.45) is 0.723. The average molecular weight is 274 g/mol. The first-order valence-electron chi connectivity index (χ1n) is 4.94. The fraction of sp³-hybridized carbons (Fsp3) is 0.875. The molecule has 0 aliphatic rings. The molecular formula is C8H17F3N4OS. The fourth-order valence-corrected chi connectivity index (χ4v) is 1.32. The maximum atomic E-state index is 11.8. The Morgan fingerprint density at radius 2 is 2.18 bits per heavy atom. The Labute approximate surface area is 102 Å².